The first-order valence-corrected chi connectivity index (χ1v) is 5.75. The molecule has 0 aliphatic carbocycles. The molecular weight excluding hydrogens is 225 g/mol. The zero-order valence-electron chi connectivity index (χ0n) is 8.47. The maximum Gasteiger partial charge on any atom is 0.260 e. The average Bonchev–Trinajstić information content (AvgIpc) is 2.30. The molecule has 0 amide bonds. The molecule has 0 atom stereocenters. The van der Waals surface area contributed by atoms with Crippen LogP contribution in [-0.4, -0.2) is 3.97 Å². The van der Waals surface area contributed by atoms with E-state index in [0.29, 0.717) is 5.75 Å². The largest absolute Gasteiger partial charge is 0.268 e. The van der Waals surface area contributed by atoms with Crippen molar-refractivity contribution in [3.8, 4) is 0 Å². The normalized spacial score (nSPS) is 10.3. The number of pyridine rings is 1. The van der Waals surface area contributed by atoms with Gasteiger partial charge in [0, 0.05) is 18.0 Å². The van der Waals surface area contributed by atoms with Crippen molar-refractivity contribution in [3.63, 3.8) is 0 Å². The summed E-state index contributed by atoms with van der Waals surface area (Å²) in [5, 5.41) is 0. The van der Waals surface area contributed by atoms with Gasteiger partial charge in [-0.05, 0) is 35.7 Å². The molecule has 0 aliphatic heterocycles. The predicted octanol–water partition coefficient (Wildman–Crippen LogP) is 2.68. The first kappa shape index (κ1) is 11.0. The molecule has 4 heteroatoms. The molecule has 16 heavy (non-hydrogen) atoms. The molecule has 0 fully saturated rings. The maximum absolute atomic E-state index is 12.7. The highest BCUT2D eigenvalue weighted by atomic mass is 32.2. The molecule has 0 bridgehead atoms. The smallest absolute Gasteiger partial charge is 0.260 e. The Morgan fingerprint density at radius 3 is 2.56 bits per heavy atom. The van der Waals surface area contributed by atoms with Gasteiger partial charge in [-0.15, -0.1) is 0 Å². The number of rotatable bonds is 3. The SMILES string of the molecule is O=c1ccccn1SCc1ccc(F)cc1. The number of benzene rings is 1. The lowest BCUT2D eigenvalue weighted by Crippen LogP contribution is -2.11. The average molecular weight is 235 g/mol. The van der Waals surface area contributed by atoms with Gasteiger partial charge in [0.1, 0.15) is 5.82 Å². The van der Waals surface area contributed by atoms with Crippen LogP contribution in [0.3, 0.4) is 0 Å². The molecule has 2 aromatic rings. The van der Waals surface area contributed by atoms with E-state index in [1.807, 2.05) is 0 Å². The second-order valence-corrected chi connectivity index (χ2v) is 4.20. The Balaban J connectivity index is 2.05. The Kier molecular flexibility index (Phi) is 3.41. The highest BCUT2D eigenvalue weighted by molar-refractivity contribution is 7.97. The molecule has 2 rings (SSSR count). The molecule has 0 N–H and O–H groups in total. The molecule has 0 aliphatic rings. The van der Waals surface area contributed by atoms with E-state index in [4.69, 9.17) is 0 Å². The Bertz CT molecular complexity index is 521. The highest BCUT2D eigenvalue weighted by Crippen LogP contribution is 2.12. The minimum atomic E-state index is -0.245. The molecule has 1 heterocycles. The van der Waals surface area contributed by atoms with Crippen molar-refractivity contribution in [3.05, 3.63) is 70.4 Å². The van der Waals surface area contributed by atoms with Crippen molar-refractivity contribution in [2.24, 2.45) is 0 Å². The molecule has 1 aromatic heterocycles. The Morgan fingerprint density at radius 2 is 1.88 bits per heavy atom. The summed E-state index contributed by atoms with van der Waals surface area (Å²) in [5.74, 6) is 0.398. The fraction of sp³-hybridized carbons (Fsp3) is 0.0833. The van der Waals surface area contributed by atoms with Crippen LogP contribution >= 0.6 is 11.9 Å². The van der Waals surface area contributed by atoms with Crippen LogP contribution in [0.5, 0.6) is 0 Å². The van der Waals surface area contributed by atoms with E-state index in [-0.39, 0.29) is 11.4 Å². The predicted molar refractivity (Wildman–Crippen MR) is 63.8 cm³/mol. The van der Waals surface area contributed by atoms with Gasteiger partial charge in [-0.1, -0.05) is 18.2 Å². The third kappa shape index (κ3) is 2.73. The molecule has 0 unspecified atom stereocenters. The summed E-state index contributed by atoms with van der Waals surface area (Å²) in [6.45, 7) is 0. The Hall–Kier alpha value is -1.55. The molecule has 0 saturated carbocycles. The van der Waals surface area contributed by atoms with Crippen LogP contribution in [-0.2, 0) is 5.75 Å². The van der Waals surface area contributed by atoms with Gasteiger partial charge >= 0.3 is 0 Å². The summed E-state index contributed by atoms with van der Waals surface area (Å²) in [6.07, 6.45) is 1.72. The molecule has 0 spiro atoms. The van der Waals surface area contributed by atoms with Gasteiger partial charge in [-0.25, -0.2) is 4.39 Å². The van der Waals surface area contributed by atoms with E-state index < -0.39 is 0 Å². The number of hydrogen-bond acceptors (Lipinski definition) is 2. The lowest BCUT2D eigenvalue weighted by molar-refractivity contribution is 0.627. The van der Waals surface area contributed by atoms with Crippen LogP contribution in [0.25, 0.3) is 0 Å². The van der Waals surface area contributed by atoms with Crippen molar-refractivity contribution in [2.75, 3.05) is 0 Å². The van der Waals surface area contributed by atoms with Gasteiger partial charge in [-0.2, -0.15) is 0 Å². The zero-order chi connectivity index (χ0) is 11.4. The second-order valence-electron chi connectivity index (χ2n) is 3.26. The lowest BCUT2D eigenvalue weighted by atomic mass is 10.2. The first-order valence-electron chi connectivity index (χ1n) is 4.81. The monoisotopic (exact) mass is 235 g/mol. The molecule has 0 saturated heterocycles. The van der Waals surface area contributed by atoms with E-state index in [1.165, 1.54) is 30.1 Å². The minimum Gasteiger partial charge on any atom is -0.268 e. The third-order valence-electron chi connectivity index (χ3n) is 2.07. The third-order valence-corrected chi connectivity index (χ3v) is 3.11. The summed E-state index contributed by atoms with van der Waals surface area (Å²) >= 11 is 1.39. The van der Waals surface area contributed by atoms with Crippen LogP contribution < -0.4 is 5.56 Å². The molecule has 82 valence electrons. The fourth-order valence-electron chi connectivity index (χ4n) is 1.24. The maximum atomic E-state index is 12.7. The van der Waals surface area contributed by atoms with Crippen LogP contribution in [0.2, 0.25) is 0 Å². The fourth-order valence-corrected chi connectivity index (χ4v) is 2.07. The van der Waals surface area contributed by atoms with E-state index in [9.17, 15) is 9.18 Å². The van der Waals surface area contributed by atoms with Gasteiger partial charge in [0.15, 0.2) is 0 Å². The number of hydrogen-bond donors (Lipinski definition) is 0. The summed E-state index contributed by atoms with van der Waals surface area (Å²) in [7, 11) is 0. The summed E-state index contributed by atoms with van der Waals surface area (Å²) in [5.41, 5.74) is 0.941. The van der Waals surface area contributed by atoms with Gasteiger partial charge in [0.05, 0.1) is 0 Å². The van der Waals surface area contributed by atoms with Crippen molar-refractivity contribution in [2.45, 2.75) is 5.75 Å². The number of halogens is 1. The minimum absolute atomic E-state index is 0.0467. The summed E-state index contributed by atoms with van der Waals surface area (Å²) < 4.78 is 14.2. The van der Waals surface area contributed by atoms with Crippen molar-refractivity contribution in [1.29, 1.82) is 0 Å². The Morgan fingerprint density at radius 1 is 1.12 bits per heavy atom. The van der Waals surface area contributed by atoms with Crippen LogP contribution in [0.1, 0.15) is 5.56 Å². The molecule has 1 aromatic carbocycles. The van der Waals surface area contributed by atoms with E-state index >= 15 is 0 Å². The van der Waals surface area contributed by atoms with Gasteiger partial charge in [0.25, 0.3) is 5.56 Å². The van der Waals surface area contributed by atoms with Crippen molar-refractivity contribution in [1.82, 2.24) is 3.97 Å². The van der Waals surface area contributed by atoms with E-state index in [2.05, 4.69) is 0 Å². The second kappa shape index (κ2) is 4.99. The zero-order valence-corrected chi connectivity index (χ0v) is 9.28. The van der Waals surface area contributed by atoms with E-state index in [1.54, 1.807) is 34.4 Å². The van der Waals surface area contributed by atoms with Crippen LogP contribution in [0.15, 0.2) is 53.5 Å². The topological polar surface area (TPSA) is 22.0 Å². The van der Waals surface area contributed by atoms with E-state index in [0.717, 1.165) is 5.56 Å². The van der Waals surface area contributed by atoms with Crippen molar-refractivity contribution < 1.29 is 4.39 Å². The quantitative estimate of drug-likeness (QED) is 0.816. The highest BCUT2D eigenvalue weighted by Gasteiger charge is 1.97. The number of nitrogens with zero attached hydrogens (tertiary/aromatic N) is 1. The molecule has 0 radical (unpaired) electrons. The van der Waals surface area contributed by atoms with Gasteiger partial charge in [0.2, 0.25) is 0 Å². The van der Waals surface area contributed by atoms with Gasteiger partial charge < -0.3 is 0 Å². The standard InChI is InChI=1S/C12H10FNOS/c13-11-6-4-10(5-7-11)9-16-14-8-2-1-3-12(14)15/h1-8H,9H2. The number of aromatic nitrogens is 1. The summed E-state index contributed by atoms with van der Waals surface area (Å²) in [4.78, 5) is 11.4. The molecule has 2 nitrogen and oxygen atoms in total. The molecular formula is C12H10FNOS. The van der Waals surface area contributed by atoms with Gasteiger partial charge in [-0.3, -0.25) is 8.77 Å². The Labute approximate surface area is 96.9 Å². The van der Waals surface area contributed by atoms with Crippen molar-refractivity contribution >= 4 is 11.9 Å². The first-order chi connectivity index (χ1) is 7.75. The summed E-state index contributed by atoms with van der Waals surface area (Å²) in [6, 6.07) is 11.3. The van der Waals surface area contributed by atoms with Crippen LogP contribution in [0, 0.1) is 5.82 Å². The lowest BCUT2D eigenvalue weighted by Gasteiger charge is -2.03. The van der Waals surface area contributed by atoms with Crippen LogP contribution in [0.4, 0.5) is 4.39 Å².